The van der Waals surface area contributed by atoms with Crippen LogP contribution < -0.4 is 0 Å². The van der Waals surface area contributed by atoms with Crippen molar-refractivity contribution in [1.29, 1.82) is 0 Å². The van der Waals surface area contributed by atoms with E-state index in [1.807, 2.05) is 13.8 Å². The van der Waals surface area contributed by atoms with Crippen molar-refractivity contribution in [2.75, 3.05) is 7.11 Å². The second-order valence-corrected chi connectivity index (χ2v) is 3.52. The van der Waals surface area contributed by atoms with Gasteiger partial charge in [0.2, 0.25) is 0 Å². The first-order chi connectivity index (χ1) is 4.98. The highest BCUT2D eigenvalue weighted by molar-refractivity contribution is 5.75. The van der Waals surface area contributed by atoms with E-state index in [0.29, 0.717) is 6.42 Å². The summed E-state index contributed by atoms with van der Waals surface area (Å²) in [6.45, 7) is 5.69. The maximum absolute atomic E-state index is 10.6. The molecule has 0 rings (SSSR count). The van der Waals surface area contributed by atoms with Crippen molar-refractivity contribution in [2.24, 2.45) is 0 Å². The van der Waals surface area contributed by atoms with Gasteiger partial charge in [-0.1, -0.05) is 0 Å². The van der Waals surface area contributed by atoms with Gasteiger partial charge < -0.3 is 9.53 Å². The van der Waals surface area contributed by atoms with E-state index in [1.165, 1.54) is 0 Å². The molecule has 0 spiro atoms. The Morgan fingerprint density at radius 2 is 2.00 bits per heavy atom. The molecular weight excluding hydrogens is 140 g/mol. The molecule has 0 saturated heterocycles. The van der Waals surface area contributed by atoms with Gasteiger partial charge in [-0.3, -0.25) is 0 Å². The van der Waals surface area contributed by atoms with Crippen LogP contribution in [0.3, 0.4) is 0 Å². The van der Waals surface area contributed by atoms with Gasteiger partial charge in [0.15, 0.2) is 0 Å². The van der Waals surface area contributed by atoms with Crippen LogP contribution in [0.15, 0.2) is 0 Å². The lowest BCUT2D eigenvalue weighted by Gasteiger charge is -2.22. The van der Waals surface area contributed by atoms with Crippen molar-refractivity contribution >= 4 is 5.78 Å². The summed E-state index contributed by atoms with van der Waals surface area (Å²) in [7, 11) is 1.70. The highest BCUT2D eigenvalue weighted by atomic mass is 16.5. The average Bonchev–Trinajstić information content (AvgIpc) is 1.87. The van der Waals surface area contributed by atoms with E-state index in [9.17, 15) is 4.79 Å². The quantitative estimate of drug-likeness (QED) is 0.613. The summed E-state index contributed by atoms with van der Waals surface area (Å²) in [6, 6.07) is 0. The summed E-state index contributed by atoms with van der Waals surface area (Å²) in [5.41, 5.74) is -0.0740. The van der Waals surface area contributed by atoms with Crippen molar-refractivity contribution in [2.45, 2.75) is 45.6 Å². The van der Waals surface area contributed by atoms with Gasteiger partial charge in [-0.15, -0.1) is 0 Å². The third-order valence-corrected chi connectivity index (χ3v) is 1.86. The van der Waals surface area contributed by atoms with Crippen LogP contribution in [0.2, 0.25) is 0 Å². The number of rotatable bonds is 5. The normalized spacial score (nSPS) is 11.6. The first-order valence-corrected chi connectivity index (χ1v) is 4.02. The highest BCUT2D eigenvalue weighted by Gasteiger charge is 2.15. The van der Waals surface area contributed by atoms with Gasteiger partial charge in [0.05, 0.1) is 5.60 Å². The minimum atomic E-state index is -0.0740. The predicted molar refractivity (Wildman–Crippen MR) is 45.6 cm³/mol. The molecule has 0 aromatic rings. The Morgan fingerprint density at radius 1 is 1.45 bits per heavy atom. The molecule has 0 N–H and O–H groups in total. The van der Waals surface area contributed by atoms with Crippen molar-refractivity contribution in [3.8, 4) is 0 Å². The van der Waals surface area contributed by atoms with Crippen molar-refractivity contribution < 1.29 is 9.53 Å². The molecule has 0 fully saturated rings. The van der Waals surface area contributed by atoms with E-state index < -0.39 is 0 Å². The summed E-state index contributed by atoms with van der Waals surface area (Å²) >= 11 is 0. The number of carbonyl (C=O) groups is 1. The molecule has 0 aromatic heterocycles. The van der Waals surface area contributed by atoms with Gasteiger partial charge in [0, 0.05) is 13.5 Å². The van der Waals surface area contributed by atoms with Crippen LogP contribution in [-0.2, 0) is 9.53 Å². The zero-order chi connectivity index (χ0) is 8.91. The second kappa shape index (κ2) is 4.50. The highest BCUT2D eigenvalue weighted by Crippen LogP contribution is 2.16. The number of hydrogen-bond donors (Lipinski definition) is 0. The zero-order valence-corrected chi connectivity index (χ0v) is 7.94. The molecule has 0 aliphatic carbocycles. The fourth-order valence-corrected chi connectivity index (χ4v) is 0.865. The maximum atomic E-state index is 10.6. The Bertz CT molecular complexity index is 128. The molecule has 0 aliphatic heterocycles. The third-order valence-electron chi connectivity index (χ3n) is 1.86. The molecule has 66 valence electrons. The monoisotopic (exact) mass is 158 g/mol. The molecule has 0 aliphatic rings. The lowest BCUT2D eigenvalue weighted by Crippen LogP contribution is -2.22. The molecule has 2 nitrogen and oxygen atoms in total. The van der Waals surface area contributed by atoms with Gasteiger partial charge in [0.1, 0.15) is 5.78 Å². The van der Waals surface area contributed by atoms with Crippen LogP contribution in [0.1, 0.15) is 40.0 Å². The number of ketones is 1. The van der Waals surface area contributed by atoms with E-state index in [4.69, 9.17) is 4.74 Å². The molecule has 0 heterocycles. The van der Waals surface area contributed by atoms with Crippen LogP contribution in [0.25, 0.3) is 0 Å². The number of methoxy groups -OCH3 is 1. The molecular formula is C9H18O2. The summed E-state index contributed by atoms with van der Waals surface area (Å²) in [4.78, 5) is 10.6. The van der Waals surface area contributed by atoms with E-state index in [0.717, 1.165) is 12.8 Å². The van der Waals surface area contributed by atoms with Gasteiger partial charge in [-0.25, -0.2) is 0 Å². The van der Waals surface area contributed by atoms with Gasteiger partial charge in [-0.2, -0.15) is 0 Å². The summed E-state index contributed by atoms with van der Waals surface area (Å²) in [6.07, 6.45) is 2.55. The number of hydrogen-bond acceptors (Lipinski definition) is 2. The summed E-state index contributed by atoms with van der Waals surface area (Å²) in [5.74, 6) is 0.261. The molecule has 11 heavy (non-hydrogen) atoms. The Hall–Kier alpha value is -0.370. The van der Waals surface area contributed by atoms with Gasteiger partial charge >= 0.3 is 0 Å². The van der Waals surface area contributed by atoms with Crippen molar-refractivity contribution in [1.82, 2.24) is 0 Å². The number of Topliss-reactive ketones (excluding diaryl/α,β-unsaturated/α-hetero) is 1. The van der Waals surface area contributed by atoms with E-state index in [-0.39, 0.29) is 11.4 Å². The Balaban J connectivity index is 3.45. The smallest absolute Gasteiger partial charge is 0.129 e. The van der Waals surface area contributed by atoms with Crippen LogP contribution in [0.5, 0.6) is 0 Å². The first kappa shape index (κ1) is 10.6. The first-order valence-electron chi connectivity index (χ1n) is 4.02. The number of carbonyl (C=O) groups excluding carboxylic acids is 1. The summed E-state index contributed by atoms with van der Waals surface area (Å²) < 4.78 is 5.21. The largest absolute Gasteiger partial charge is 0.379 e. The van der Waals surface area contributed by atoms with E-state index in [2.05, 4.69) is 0 Å². The van der Waals surface area contributed by atoms with E-state index in [1.54, 1.807) is 14.0 Å². The molecule has 0 bridgehead atoms. The van der Waals surface area contributed by atoms with Crippen LogP contribution in [0.4, 0.5) is 0 Å². The molecule has 0 aromatic carbocycles. The van der Waals surface area contributed by atoms with Crippen LogP contribution >= 0.6 is 0 Å². The standard InChI is InChI=1S/C9H18O2/c1-8(10)6-5-7-9(2,3)11-4/h5-7H2,1-4H3. The minimum absolute atomic E-state index is 0.0740. The van der Waals surface area contributed by atoms with Crippen molar-refractivity contribution in [3.63, 3.8) is 0 Å². The summed E-state index contributed by atoms with van der Waals surface area (Å²) in [5, 5.41) is 0. The fraction of sp³-hybridized carbons (Fsp3) is 0.889. The third kappa shape index (κ3) is 6.05. The molecule has 0 unspecified atom stereocenters. The minimum Gasteiger partial charge on any atom is -0.379 e. The second-order valence-electron chi connectivity index (χ2n) is 3.52. The SMILES string of the molecule is COC(C)(C)CCCC(C)=O. The Labute approximate surface area is 68.9 Å². The zero-order valence-electron chi connectivity index (χ0n) is 7.94. The van der Waals surface area contributed by atoms with Crippen molar-refractivity contribution in [3.05, 3.63) is 0 Å². The molecule has 0 saturated carbocycles. The lowest BCUT2D eigenvalue weighted by molar-refractivity contribution is -0.117. The van der Waals surface area contributed by atoms with E-state index >= 15 is 0 Å². The van der Waals surface area contributed by atoms with Crippen LogP contribution in [-0.4, -0.2) is 18.5 Å². The molecule has 0 atom stereocenters. The van der Waals surface area contributed by atoms with Gasteiger partial charge in [-0.05, 0) is 33.6 Å². The Kier molecular flexibility index (Phi) is 4.34. The predicted octanol–water partition coefficient (Wildman–Crippen LogP) is 2.17. The number of ether oxygens (including phenoxy) is 1. The molecule has 2 heteroatoms. The average molecular weight is 158 g/mol. The maximum Gasteiger partial charge on any atom is 0.129 e. The molecule has 0 radical (unpaired) electrons. The topological polar surface area (TPSA) is 26.3 Å². The lowest BCUT2D eigenvalue weighted by atomic mass is 10.0. The fourth-order valence-electron chi connectivity index (χ4n) is 0.865. The van der Waals surface area contributed by atoms with Gasteiger partial charge in [0.25, 0.3) is 0 Å². The molecule has 0 amide bonds. The van der Waals surface area contributed by atoms with Crippen LogP contribution in [0, 0.1) is 0 Å². The Morgan fingerprint density at radius 3 is 2.36 bits per heavy atom.